The summed E-state index contributed by atoms with van der Waals surface area (Å²) in [5, 5.41) is 5.24. The molecule has 1 heterocycles. The molecule has 0 unspecified atom stereocenters. The van der Waals surface area contributed by atoms with Crippen LogP contribution in [0.2, 0.25) is 5.02 Å². The number of rotatable bonds is 6. The van der Waals surface area contributed by atoms with E-state index in [1.165, 1.54) is 10.7 Å². The predicted octanol–water partition coefficient (Wildman–Crippen LogP) is 4.25. The molecule has 0 saturated carbocycles. The minimum Gasteiger partial charge on any atom is -0.373 e. The van der Waals surface area contributed by atoms with Gasteiger partial charge in [-0.05, 0) is 42.8 Å². The van der Waals surface area contributed by atoms with Gasteiger partial charge in [0.15, 0.2) is 0 Å². The van der Waals surface area contributed by atoms with Crippen molar-refractivity contribution in [1.82, 2.24) is 9.78 Å². The number of allylic oxidation sites excluding steroid dienone is 1. The largest absolute Gasteiger partial charge is 0.373 e. The van der Waals surface area contributed by atoms with Crippen LogP contribution >= 0.6 is 11.6 Å². The molecule has 30 heavy (non-hydrogen) atoms. The van der Waals surface area contributed by atoms with Crippen LogP contribution in [-0.2, 0) is 13.1 Å². The molecule has 1 aromatic heterocycles. The van der Waals surface area contributed by atoms with Crippen molar-refractivity contribution in [2.45, 2.75) is 20.0 Å². The Balaban J connectivity index is 2.05. The summed E-state index contributed by atoms with van der Waals surface area (Å²) in [5.41, 5.74) is 9.45. The summed E-state index contributed by atoms with van der Waals surface area (Å²) >= 11 is 5.92. The maximum absolute atomic E-state index is 13.9. The van der Waals surface area contributed by atoms with Gasteiger partial charge in [-0.15, -0.1) is 0 Å². The lowest BCUT2D eigenvalue weighted by Gasteiger charge is -2.19. The van der Waals surface area contributed by atoms with E-state index >= 15 is 0 Å². The van der Waals surface area contributed by atoms with Crippen molar-refractivity contribution in [3.8, 4) is 11.3 Å². The van der Waals surface area contributed by atoms with E-state index in [1.54, 1.807) is 17.0 Å². The molecule has 0 radical (unpaired) electrons. The van der Waals surface area contributed by atoms with Gasteiger partial charge in [-0.1, -0.05) is 35.9 Å². The zero-order valence-corrected chi connectivity index (χ0v) is 17.9. The van der Waals surface area contributed by atoms with Gasteiger partial charge in [0.25, 0.3) is 5.56 Å². The predicted molar refractivity (Wildman–Crippen MR) is 121 cm³/mol. The van der Waals surface area contributed by atoms with Crippen molar-refractivity contribution in [2.75, 3.05) is 19.0 Å². The average molecular weight is 427 g/mol. The van der Waals surface area contributed by atoms with Crippen LogP contribution in [-0.4, -0.2) is 23.9 Å². The van der Waals surface area contributed by atoms with E-state index in [9.17, 15) is 9.18 Å². The Kier molecular flexibility index (Phi) is 6.70. The molecule has 3 rings (SSSR count). The van der Waals surface area contributed by atoms with Crippen LogP contribution in [0.1, 0.15) is 16.7 Å². The minimum atomic E-state index is -0.356. The summed E-state index contributed by atoms with van der Waals surface area (Å²) in [4.78, 5) is 14.8. The summed E-state index contributed by atoms with van der Waals surface area (Å²) < 4.78 is 15.3. The van der Waals surface area contributed by atoms with Gasteiger partial charge in [0.2, 0.25) is 0 Å². The Labute approximate surface area is 180 Å². The van der Waals surface area contributed by atoms with Gasteiger partial charge in [0, 0.05) is 42.4 Å². The van der Waals surface area contributed by atoms with Gasteiger partial charge >= 0.3 is 0 Å². The maximum Gasteiger partial charge on any atom is 0.290 e. The molecule has 5 nitrogen and oxygen atoms in total. The summed E-state index contributed by atoms with van der Waals surface area (Å²) in [7, 11) is 3.63. The van der Waals surface area contributed by atoms with Gasteiger partial charge in [0.05, 0.1) is 12.2 Å². The number of nitrogens with zero attached hydrogens (tertiary/aromatic N) is 3. The Morgan fingerprint density at radius 3 is 2.53 bits per heavy atom. The molecule has 7 heteroatoms. The smallest absolute Gasteiger partial charge is 0.290 e. The Hall–Kier alpha value is -2.96. The lowest BCUT2D eigenvalue weighted by atomic mass is 10.0. The van der Waals surface area contributed by atoms with Crippen LogP contribution < -0.4 is 16.2 Å². The van der Waals surface area contributed by atoms with E-state index in [4.69, 9.17) is 17.3 Å². The second kappa shape index (κ2) is 9.24. The third-order valence-electron chi connectivity index (χ3n) is 4.81. The third-order valence-corrected chi connectivity index (χ3v) is 5.07. The molecule has 0 aliphatic rings. The number of anilines is 1. The minimum absolute atomic E-state index is 0.0860. The molecule has 0 bridgehead atoms. The highest BCUT2D eigenvalue weighted by Gasteiger charge is 2.17. The summed E-state index contributed by atoms with van der Waals surface area (Å²) in [6.45, 7) is 2.22. The fourth-order valence-corrected chi connectivity index (χ4v) is 3.43. The SMILES string of the molecule is Cc1c(-c2ccc(F)c(CN)c2)nn(CC=Cc2ccc(Cl)cc2)c(=O)c1N(C)C. The molecule has 0 fully saturated rings. The first-order chi connectivity index (χ1) is 14.3. The topological polar surface area (TPSA) is 64.1 Å². The summed E-state index contributed by atoms with van der Waals surface area (Å²) in [5.74, 6) is -0.356. The zero-order valence-electron chi connectivity index (χ0n) is 17.2. The van der Waals surface area contributed by atoms with Crippen molar-refractivity contribution in [2.24, 2.45) is 5.73 Å². The van der Waals surface area contributed by atoms with Crippen LogP contribution in [0.3, 0.4) is 0 Å². The van der Waals surface area contributed by atoms with Crippen molar-refractivity contribution >= 4 is 23.4 Å². The third kappa shape index (κ3) is 4.61. The van der Waals surface area contributed by atoms with Crippen molar-refractivity contribution < 1.29 is 4.39 Å². The maximum atomic E-state index is 13.9. The number of halogens is 2. The van der Waals surface area contributed by atoms with Crippen molar-refractivity contribution in [1.29, 1.82) is 0 Å². The average Bonchev–Trinajstić information content (AvgIpc) is 2.71. The van der Waals surface area contributed by atoms with E-state index in [2.05, 4.69) is 5.10 Å². The van der Waals surface area contributed by atoms with Crippen molar-refractivity contribution in [3.05, 3.63) is 86.4 Å². The van der Waals surface area contributed by atoms with Gasteiger partial charge in [-0.2, -0.15) is 5.10 Å². The second-order valence-corrected chi connectivity index (χ2v) is 7.60. The summed E-state index contributed by atoms with van der Waals surface area (Å²) in [6.07, 6.45) is 3.77. The van der Waals surface area contributed by atoms with Gasteiger partial charge in [-0.25, -0.2) is 9.07 Å². The number of benzene rings is 2. The summed E-state index contributed by atoms with van der Waals surface area (Å²) in [6, 6.07) is 12.1. The molecule has 0 atom stereocenters. The quantitative estimate of drug-likeness (QED) is 0.640. The highest BCUT2D eigenvalue weighted by Crippen LogP contribution is 2.27. The molecular formula is C23H24ClFN4O. The van der Waals surface area contributed by atoms with Crippen LogP contribution in [0, 0.1) is 12.7 Å². The molecule has 156 valence electrons. The standard InChI is InChI=1S/C23H24ClFN4O/c1-15-21(17-8-11-20(25)18(13-17)14-26)27-29(23(30)22(15)28(2)3)12-4-5-16-6-9-19(24)10-7-16/h4-11,13H,12,14,26H2,1-3H3. The van der Waals surface area contributed by atoms with Gasteiger partial charge in [0.1, 0.15) is 11.5 Å². The van der Waals surface area contributed by atoms with E-state index in [0.717, 1.165) is 11.1 Å². The second-order valence-electron chi connectivity index (χ2n) is 7.17. The highest BCUT2D eigenvalue weighted by atomic mass is 35.5. The lowest BCUT2D eigenvalue weighted by molar-refractivity contribution is 0.610. The molecule has 2 aromatic carbocycles. The van der Waals surface area contributed by atoms with E-state index in [1.807, 2.05) is 57.4 Å². The first kappa shape index (κ1) is 21.7. The molecule has 2 N–H and O–H groups in total. The van der Waals surface area contributed by atoms with Crippen LogP contribution in [0.15, 0.2) is 53.3 Å². The van der Waals surface area contributed by atoms with Gasteiger partial charge in [-0.3, -0.25) is 4.79 Å². The fourth-order valence-electron chi connectivity index (χ4n) is 3.30. The first-order valence-corrected chi connectivity index (χ1v) is 9.89. The Bertz CT molecular complexity index is 1140. The Morgan fingerprint density at radius 2 is 1.90 bits per heavy atom. The zero-order chi connectivity index (χ0) is 21.8. The molecule has 0 amide bonds. The highest BCUT2D eigenvalue weighted by molar-refractivity contribution is 6.30. The van der Waals surface area contributed by atoms with Crippen molar-refractivity contribution in [3.63, 3.8) is 0 Å². The first-order valence-electron chi connectivity index (χ1n) is 9.52. The molecule has 3 aromatic rings. The molecule has 0 aliphatic heterocycles. The van der Waals surface area contributed by atoms with E-state index in [0.29, 0.717) is 34.1 Å². The molecular weight excluding hydrogens is 403 g/mol. The molecule has 0 saturated heterocycles. The monoisotopic (exact) mass is 426 g/mol. The van der Waals surface area contributed by atoms with E-state index in [-0.39, 0.29) is 17.9 Å². The van der Waals surface area contributed by atoms with Crippen LogP contribution in [0.25, 0.3) is 17.3 Å². The van der Waals surface area contributed by atoms with Gasteiger partial charge < -0.3 is 10.6 Å². The van der Waals surface area contributed by atoms with Crippen LogP contribution in [0.4, 0.5) is 10.1 Å². The van der Waals surface area contributed by atoms with E-state index < -0.39 is 0 Å². The Morgan fingerprint density at radius 1 is 1.20 bits per heavy atom. The van der Waals surface area contributed by atoms with Crippen LogP contribution in [0.5, 0.6) is 0 Å². The number of nitrogens with two attached hydrogens (primary N) is 1. The fraction of sp³-hybridized carbons (Fsp3) is 0.217. The number of hydrogen-bond donors (Lipinski definition) is 1. The number of aromatic nitrogens is 2. The number of hydrogen-bond acceptors (Lipinski definition) is 4. The molecule has 0 aliphatic carbocycles. The lowest BCUT2D eigenvalue weighted by Crippen LogP contribution is -2.30. The normalized spacial score (nSPS) is 11.3. The molecule has 0 spiro atoms.